The molecule has 42 heavy (non-hydrogen) atoms. The Hall–Kier alpha value is -3.84. The zero-order valence-corrected chi connectivity index (χ0v) is 24.0. The van der Waals surface area contributed by atoms with Gasteiger partial charge in [-0.05, 0) is 92.4 Å². The van der Waals surface area contributed by atoms with Gasteiger partial charge in [0.25, 0.3) is 12.6 Å². The Balaban J connectivity index is 1.11. The summed E-state index contributed by atoms with van der Waals surface area (Å²) in [5.41, 5.74) is 4.23. The first-order chi connectivity index (χ1) is 20.4. The number of allylic oxidation sites excluding steroid dienone is 1. The van der Waals surface area contributed by atoms with Crippen molar-refractivity contribution in [1.82, 2.24) is 15.1 Å². The summed E-state index contributed by atoms with van der Waals surface area (Å²) in [6.07, 6.45) is 6.12. The van der Waals surface area contributed by atoms with Crippen LogP contribution in [0.5, 0.6) is 5.75 Å². The summed E-state index contributed by atoms with van der Waals surface area (Å²) in [4.78, 5) is 31.9. The molecular formula is C32H37BFN5O3. The van der Waals surface area contributed by atoms with Crippen LogP contribution in [0.15, 0.2) is 48.7 Å². The normalized spacial score (nSPS) is 23.0. The highest BCUT2D eigenvalue weighted by Crippen LogP contribution is 2.32. The zero-order valence-electron chi connectivity index (χ0n) is 24.0. The average Bonchev–Trinajstić information content (AvgIpc) is 3.32. The number of hydrogen-bond acceptors (Lipinski definition) is 6. The number of amides is 2. The molecular weight excluding hydrogens is 532 g/mol. The molecule has 2 amide bonds. The van der Waals surface area contributed by atoms with E-state index in [9.17, 15) is 19.2 Å². The second kappa shape index (κ2) is 12.2. The van der Waals surface area contributed by atoms with Crippen molar-refractivity contribution in [2.75, 3.05) is 31.1 Å². The summed E-state index contributed by atoms with van der Waals surface area (Å²) in [7, 11) is 0. The van der Waals surface area contributed by atoms with Gasteiger partial charge in [0.05, 0.1) is 0 Å². The number of anilines is 1. The van der Waals surface area contributed by atoms with Crippen LogP contribution in [0.25, 0.3) is 0 Å². The molecule has 2 aromatic rings. The van der Waals surface area contributed by atoms with E-state index in [1.54, 1.807) is 17.0 Å². The van der Waals surface area contributed by atoms with Gasteiger partial charge in [-0.15, -0.1) is 0 Å². The lowest BCUT2D eigenvalue weighted by Crippen LogP contribution is -2.49. The molecule has 3 saturated heterocycles. The minimum absolute atomic E-state index is 0.0985. The van der Waals surface area contributed by atoms with E-state index in [0.717, 1.165) is 68.4 Å². The summed E-state index contributed by atoms with van der Waals surface area (Å²) in [6.45, 7) is 8.00. The van der Waals surface area contributed by atoms with Gasteiger partial charge in [0.2, 0.25) is 5.91 Å². The maximum Gasteiger partial charge on any atom is 0.271 e. The lowest BCUT2D eigenvalue weighted by Gasteiger charge is -2.37. The number of benzene rings is 2. The van der Waals surface area contributed by atoms with Crippen molar-refractivity contribution >= 4 is 24.2 Å². The standard InChI is InChI=1S/C32H37BFN5O3/c1-22-5-9-30(31(40)36-22)39-19-23-17-27(7-8-28(23)32(39)41)42-20-26-4-2-3-13-38(26)18-24-16-25(34)6-10-29(24)37-14-11-33(21-35)12-15-37/h6-8,10,16-17,26,30H,1-5,9,11-15,18-20H2,(H,36,40). The second-order valence-electron chi connectivity index (χ2n) is 12.0. The van der Waals surface area contributed by atoms with Crippen LogP contribution in [0.1, 0.15) is 53.6 Å². The van der Waals surface area contributed by atoms with Crippen LogP contribution in [0.2, 0.25) is 12.6 Å². The zero-order chi connectivity index (χ0) is 29.2. The van der Waals surface area contributed by atoms with Crippen molar-refractivity contribution in [3.8, 4) is 11.7 Å². The largest absolute Gasteiger partial charge is 0.492 e. The predicted octanol–water partition coefficient (Wildman–Crippen LogP) is 4.38. The van der Waals surface area contributed by atoms with E-state index in [0.29, 0.717) is 49.5 Å². The maximum atomic E-state index is 14.4. The van der Waals surface area contributed by atoms with Crippen LogP contribution in [0, 0.1) is 17.0 Å². The van der Waals surface area contributed by atoms with E-state index < -0.39 is 6.04 Å². The molecule has 0 aromatic heterocycles. The molecule has 2 atom stereocenters. The van der Waals surface area contributed by atoms with Crippen molar-refractivity contribution in [1.29, 1.82) is 5.26 Å². The minimum atomic E-state index is -0.485. The molecule has 1 N–H and O–H groups in total. The number of carbonyl (C=O) groups excluding carboxylic acids is 2. The van der Waals surface area contributed by atoms with Gasteiger partial charge in [-0.2, -0.15) is 0 Å². The summed E-state index contributed by atoms with van der Waals surface area (Å²) in [6, 6.07) is 10.3. The Morgan fingerprint density at radius 1 is 1.10 bits per heavy atom. The highest BCUT2D eigenvalue weighted by atomic mass is 19.1. The van der Waals surface area contributed by atoms with Gasteiger partial charge in [-0.25, -0.2) is 9.65 Å². The fraction of sp³-hybridized carbons (Fsp3) is 0.469. The van der Waals surface area contributed by atoms with E-state index in [1.807, 2.05) is 18.2 Å². The van der Waals surface area contributed by atoms with Crippen molar-refractivity contribution in [2.45, 2.75) is 69.9 Å². The number of nitrogens with one attached hydrogen (secondary N) is 1. The van der Waals surface area contributed by atoms with E-state index in [-0.39, 0.29) is 30.4 Å². The molecule has 8 nitrogen and oxygen atoms in total. The summed E-state index contributed by atoms with van der Waals surface area (Å²) in [5.74, 6) is 2.57. The molecule has 4 heterocycles. The van der Waals surface area contributed by atoms with Crippen molar-refractivity contribution in [3.05, 3.63) is 71.2 Å². The van der Waals surface area contributed by atoms with Gasteiger partial charge in [0.1, 0.15) is 24.2 Å². The average molecular weight is 569 g/mol. The third-order valence-electron chi connectivity index (χ3n) is 9.23. The number of nitriles is 1. The fourth-order valence-electron chi connectivity index (χ4n) is 6.83. The van der Waals surface area contributed by atoms with Crippen molar-refractivity contribution in [2.24, 2.45) is 0 Å². The number of rotatable bonds is 7. The van der Waals surface area contributed by atoms with Gasteiger partial charge in [0.15, 0.2) is 0 Å². The van der Waals surface area contributed by atoms with Crippen LogP contribution in [-0.4, -0.2) is 66.7 Å². The smallest absolute Gasteiger partial charge is 0.271 e. The number of nitrogens with zero attached hydrogens (tertiary/aromatic N) is 4. The molecule has 0 saturated carbocycles. The Bertz CT molecular complexity index is 1420. The van der Waals surface area contributed by atoms with Gasteiger partial charge >= 0.3 is 0 Å². The Morgan fingerprint density at radius 3 is 2.71 bits per heavy atom. The third-order valence-corrected chi connectivity index (χ3v) is 9.23. The highest BCUT2D eigenvalue weighted by Gasteiger charge is 2.38. The van der Waals surface area contributed by atoms with Gasteiger partial charge in [0, 0.05) is 55.1 Å². The van der Waals surface area contributed by atoms with Crippen molar-refractivity contribution in [3.63, 3.8) is 0 Å². The first kappa shape index (κ1) is 28.3. The lowest BCUT2D eigenvalue weighted by molar-refractivity contribution is -0.126. The molecule has 2 aromatic carbocycles. The number of fused-ring (bicyclic) bond motifs is 1. The fourth-order valence-corrected chi connectivity index (χ4v) is 6.83. The van der Waals surface area contributed by atoms with Crippen LogP contribution < -0.4 is 15.0 Å². The molecule has 6 rings (SSSR count). The molecule has 3 fully saturated rings. The second-order valence-corrected chi connectivity index (χ2v) is 12.0. The number of ether oxygens (including phenoxy) is 1. The monoisotopic (exact) mass is 569 g/mol. The van der Waals surface area contributed by atoms with Crippen LogP contribution in [0.3, 0.4) is 0 Å². The first-order valence-corrected chi connectivity index (χ1v) is 15.1. The molecule has 0 spiro atoms. The number of hydrogen-bond donors (Lipinski definition) is 1. The van der Waals surface area contributed by atoms with Gasteiger partial charge < -0.3 is 19.9 Å². The SMILES string of the molecule is C=C1CCC(N2Cc3cc(OCC4CCCCN4Cc4cc(F)ccc4N4CCB(C#N)CC4)ccc3C2=O)C(=O)N1. The van der Waals surface area contributed by atoms with E-state index in [4.69, 9.17) is 4.74 Å². The maximum absolute atomic E-state index is 14.4. The molecule has 4 aliphatic heterocycles. The van der Waals surface area contributed by atoms with Gasteiger partial charge in [-0.3, -0.25) is 14.5 Å². The lowest BCUT2D eigenvalue weighted by atomic mass is 9.45. The number of likely N-dealkylation sites (tertiary alicyclic amines) is 1. The summed E-state index contributed by atoms with van der Waals surface area (Å²) >= 11 is 0. The molecule has 0 bridgehead atoms. The van der Waals surface area contributed by atoms with Crippen LogP contribution >= 0.6 is 0 Å². The van der Waals surface area contributed by atoms with E-state index in [2.05, 4.69) is 27.7 Å². The molecule has 218 valence electrons. The van der Waals surface area contributed by atoms with Crippen LogP contribution in [-0.2, 0) is 17.9 Å². The third kappa shape index (κ3) is 5.89. The number of halogens is 1. The molecule has 0 radical (unpaired) electrons. The molecule has 2 unspecified atom stereocenters. The topological polar surface area (TPSA) is 88.9 Å². The Kier molecular flexibility index (Phi) is 8.21. The summed E-state index contributed by atoms with van der Waals surface area (Å²) in [5, 5.41) is 12.1. The highest BCUT2D eigenvalue weighted by molar-refractivity contribution is 6.67. The number of piperidine rings is 2. The Morgan fingerprint density at radius 2 is 1.93 bits per heavy atom. The van der Waals surface area contributed by atoms with E-state index >= 15 is 0 Å². The Labute approximate surface area is 247 Å². The molecule has 10 heteroatoms. The molecule has 4 aliphatic rings. The molecule has 0 aliphatic carbocycles. The number of carbonyl (C=O) groups is 2. The van der Waals surface area contributed by atoms with Crippen LogP contribution in [0.4, 0.5) is 10.1 Å². The minimum Gasteiger partial charge on any atom is -0.492 e. The quantitative estimate of drug-likeness (QED) is 0.498. The van der Waals surface area contributed by atoms with Gasteiger partial charge in [-0.1, -0.05) is 13.0 Å². The predicted molar refractivity (Wildman–Crippen MR) is 160 cm³/mol. The first-order valence-electron chi connectivity index (χ1n) is 15.1. The van der Waals surface area contributed by atoms with Crippen molar-refractivity contribution < 1.29 is 18.7 Å². The summed E-state index contributed by atoms with van der Waals surface area (Å²) < 4.78 is 20.7. The van der Waals surface area contributed by atoms with E-state index in [1.165, 1.54) is 6.07 Å².